The second-order valence-corrected chi connectivity index (χ2v) is 8.67. The highest BCUT2D eigenvalue weighted by Gasteiger charge is 2.29. The number of nitrogens with one attached hydrogen (secondary N) is 1. The van der Waals surface area contributed by atoms with Gasteiger partial charge in [0, 0.05) is 11.1 Å². The van der Waals surface area contributed by atoms with E-state index in [0.29, 0.717) is 23.0 Å². The Hall–Kier alpha value is -1.99. The molecule has 25 heavy (non-hydrogen) atoms. The van der Waals surface area contributed by atoms with E-state index in [2.05, 4.69) is 5.32 Å². The van der Waals surface area contributed by atoms with Crippen LogP contribution in [0.5, 0.6) is 5.75 Å². The lowest BCUT2D eigenvalue weighted by molar-refractivity contribution is 0.0909. The number of furan rings is 1. The lowest BCUT2D eigenvalue weighted by atomic mass is 10.2. The minimum absolute atomic E-state index is 0.0225. The molecule has 134 valence electrons. The van der Waals surface area contributed by atoms with Gasteiger partial charge in [-0.3, -0.25) is 4.79 Å². The number of rotatable bonds is 5. The van der Waals surface area contributed by atoms with Crippen molar-refractivity contribution in [1.29, 1.82) is 0 Å². The molecule has 1 unspecified atom stereocenters. The molecule has 1 fully saturated rings. The number of sulfone groups is 1. The summed E-state index contributed by atoms with van der Waals surface area (Å²) in [6.07, 6.45) is 0.431. The SMILES string of the molecule is Cc1cc(OCc2ccc(C(=O)NC3CCS(=O)(=O)C3)o2)ccc1Cl. The van der Waals surface area contributed by atoms with Gasteiger partial charge in [0.05, 0.1) is 11.5 Å². The quantitative estimate of drug-likeness (QED) is 0.857. The second kappa shape index (κ2) is 7.09. The molecule has 1 aliphatic heterocycles. The molecule has 0 spiro atoms. The van der Waals surface area contributed by atoms with Gasteiger partial charge in [-0.05, 0) is 49.2 Å². The van der Waals surface area contributed by atoms with Gasteiger partial charge in [-0.15, -0.1) is 0 Å². The summed E-state index contributed by atoms with van der Waals surface area (Å²) in [4.78, 5) is 12.1. The van der Waals surface area contributed by atoms with E-state index in [1.54, 1.807) is 24.3 Å². The van der Waals surface area contributed by atoms with Gasteiger partial charge in [-0.25, -0.2) is 8.42 Å². The number of carbonyl (C=O) groups excluding carboxylic acids is 1. The predicted molar refractivity (Wildman–Crippen MR) is 93.8 cm³/mol. The molecule has 1 aliphatic rings. The summed E-state index contributed by atoms with van der Waals surface area (Å²) in [6.45, 7) is 2.06. The topological polar surface area (TPSA) is 85.6 Å². The fourth-order valence-corrected chi connectivity index (χ4v) is 4.40. The number of hydrogen-bond donors (Lipinski definition) is 1. The smallest absolute Gasteiger partial charge is 0.287 e. The highest BCUT2D eigenvalue weighted by atomic mass is 35.5. The number of halogens is 1. The fourth-order valence-electron chi connectivity index (χ4n) is 2.60. The van der Waals surface area contributed by atoms with Gasteiger partial charge in [0.15, 0.2) is 15.6 Å². The van der Waals surface area contributed by atoms with Crippen LogP contribution < -0.4 is 10.1 Å². The average molecular weight is 384 g/mol. The first-order valence-corrected chi connectivity index (χ1v) is 10.0. The second-order valence-electron chi connectivity index (χ2n) is 6.04. The van der Waals surface area contributed by atoms with Gasteiger partial charge in [0.1, 0.15) is 18.1 Å². The largest absolute Gasteiger partial charge is 0.486 e. The van der Waals surface area contributed by atoms with Crippen molar-refractivity contribution in [3.05, 3.63) is 52.4 Å². The van der Waals surface area contributed by atoms with E-state index in [0.717, 1.165) is 5.56 Å². The lowest BCUT2D eigenvalue weighted by Crippen LogP contribution is -2.35. The highest BCUT2D eigenvalue weighted by Crippen LogP contribution is 2.22. The van der Waals surface area contributed by atoms with Crippen LogP contribution in [0.3, 0.4) is 0 Å². The van der Waals surface area contributed by atoms with E-state index in [-0.39, 0.29) is 29.9 Å². The van der Waals surface area contributed by atoms with Crippen LogP contribution in [0.1, 0.15) is 28.3 Å². The van der Waals surface area contributed by atoms with Crippen LogP contribution in [0, 0.1) is 6.92 Å². The number of ether oxygens (including phenoxy) is 1. The van der Waals surface area contributed by atoms with Crippen molar-refractivity contribution >= 4 is 27.3 Å². The monoisotopic (exact) mass is 383 g/mol. The first-order valence-electron chi connectivity index (χ1n) is 7.81. The summed E-state index contributed by atoms with van der Waals surface area (Å²) in [5, 5.41) is 3.35. The normalized spacial score (nSPS) is 18.9. The lowest BCUT2D eigenvalue weighted by Gasteiger charge is -2.09. The molecular weight excluding hydrogens is 366 g/mol. The molecule has 1 atom stereocenters. The average Bonchev–Trinajstić information content (AvgIpc) is 3.15. The zero-order valence-corrected chi connectivity index (χ0v) is 15.2. The van der Waals surface area contributed by atoms with E-state index < -0.39 is 15.7 Å². The van der Waals surface area contributed by atoms with Crippen LogP contribution in [0.2, 0.25) is 5.02 Å². The summed E-state index contributed by atoms with van der Waals surface area (Å²) in [5.41, 5.74) is 0.908. The van der Waals surface area contributed by atoms with E-state index in [1.807, 2.05) is 13.0 Å². The van der Waals surface area contributed by atoms with Crippen molar-refractivity contribution < 1.29 is 22.4 Å². The molecule has 1 aromatic heterocycles. The molecule has 0 radical (unpaired) electrons. The Balaban J connectivity index is 1.56. The molecule has 1 amide bonds. The van der Waals surface area contributed by atoms with E-state index in [1.165, 1.54) is 0 Å². The molecule has 1 N–H and O–H groups in total. The summed E-state index contributed by atoms with van der Waals surface area (Å²) in [6, 6.07) is 8.17. The summed E-state index contributed by atoms with van der Waals surface area (Å²) >= 11 is 5.97. The summed E-state index contributed by atoms with van der Waals surface area (Å²) in [5.74, 6) is 0.948. The first kappa shape index (κ1) is 17.8. The number of aryl methyl sites for hydroxylation is 1. The Kier molecular flexibility index (Phi) is 5.06. The molecule has 1 aromatic carbocycles. The number of carbonyl (C=O) groups is 1. The van der Waals surface area contributed by atoms with Crippen molar-refractivity contribution in [1.82, 2.24) is 5.32 Å². The van der Waals surface area contributed by atoms with Crippen molar-refractivity contribution in [2.24, 2.45) is 0 Å². The molecule has 2 aromatic rings. The Morgan fingerprint density at radius 3 is 2.84 bits per heavy atom. The van der Waals surface area contributed by atoms with Crippen LogP contribution in [-0.4, -0.2) is 31.9 Å². The zero-order chi connectivity index (χ0) is 18.0. The fraction of sp³-hybridized carbons (Fsp3) is 0.353. The third-order valence-electron chi connectivity index (χ3n) is 3.96. The Bertz CT molecular complexity index is 890. The van der Waals surface area contributed by atoms with Crippen LogP contribution in [0.15, 0.2) is 34.7 Å². The molecule has 0 aliphatic carbocycles. The highest BCUT2D eigenvalue weighted by molar-refractivity contribution is 7.91. The number of benzene rings is 1. The van der Waals surface area contributed by atoms with Gasteiger partial charge in [0.2, 0.25) is 0 Å². The molecular formula is C17H18ClNO5S. The van der Waals surface area contributed by atoms with Crippen molar-refractivity contribution in [3.8, 4) is 5.75 Å². The molecule has 8 heteroatoms. The molecule has 6 nitrogen and oxygen atoms in total. The molecule has 2 heterocycles. The Morgan fingerprint density at radius 1 is 1.36 bits per heavy atom. The van der Waals surface area contributed by atoms with Crippen LogP contribution >= 0.6 is 11.6 Å². The van der Waals surface area contributed by atoms with Crippen molar-refractivity contribution in [2.45, 2.75) is 26.0 Å². The van der Waals surface area contributed by atoms with Crippen LogP contribution in [-0.2, 0) is 16.4 Å². The van der Waals surface area contributed by atoms with E-state index in [9.17, 15) is 13.2 Å². The summed E-state index contributed by atoms with van der Waals surface area (Å²) < 4.78 is 33.9. The van der Waals surface area contributed by atoms with Gasteiger partial charge in [-0.1, -0.05) is 11.6 Å². The minimum atomic E-state index is -3.04. The predicted octanol–water partition coefficient (Wildman–Crippen LogP) is 2.74. The standard InChI is InChI=1S/C17H18ClNO5S/c1-11-8-13(2-4-15(11)18)23-9-14-3-5-16(24-14)17(20)19-12-6-7-25(21,22)10-12/h2-5,8,12H,6-7,9-10H2,1H3,(H,19,20). The number of amides is 1. The molecule has 1 saturated heterocycles. The number of hydrogen-bond acceptors (Lipinski definition) is 5. The maximum Gasteiger partial charge on any atom is 0.287 e. The van der Waals surface area contributed by atoms with Gasteiger partial charge >= 0.3 is 0 Å². The first-order chi connectivity index (χ1) is 11.8. The Morgan fingerprint density at radius 2 is 2.16 bits per heavy atom. The van der Waals surface area contributed by atoms with Crippen molar-refractivity contribution in [2.75, 3.05) is 11.5 Å². The van der Waals surface area contributed by atoms with Gasteiger partial charge < -0.3 is 14.5 Å². The molecule has 0 bridgehead atoms. The molecule has 3 rings (SSSR count). The minimum Gasteiger partial charge on any atom is -0.486 e. The van der Waals surface area contributed by atoms with E-state index in [4.69, 9.17) is 20.8 Å². The van der Waals surface area contributed by atoms with E-state index >= 15 is 0 Å². The third kappa shape index (κ3) is 4.55. The van der Waals surface area contributed by atoms with Crippen LogP contribution in [0.4, 0.5) is 0 Å². The van der Waals surface area contributed by atoms with Crippen LogP contribution in [0.25, 0.3) is 0 Å². The van der Waals surface area contributed by atoms with Crippen molar-refractivity contribution in [3.63, 3.8) is 0 Å². The maximum atomic E-state index is 12.1. The van der Waals surface area contributed by atoms with Gasteiger partial charge in [-0.2, -0.15) is 0 Å². The zero-order valence-electron chi connectivity index (χ0n) is 13.6. The third-order valence-corrected chi connectivity index (χ3v) is 6.16. The van der Waals surface area contributed by atoms with Gasteiger partial charge in [0.25, 0.3) is 5.91 Å². The Labute approximate surface area is 151 Å². The molecule has 0 saturated carbocycles. The maximum absolute atomic E-state index is 12.1. The summed E-state index contributed by atoms with van der Waals surface area (Å²) in [7, 11) is -3.04.